The van der Waals surface area contributed by atoms with Crippen LogP contribution in [0.1, 0.15) is 51.1 Å². The van der Waals surface area contributed by atoms with Crippen LogP contribution in [0.15, 0.2) is 24.3 Å². The number of para-hydroxylation sites is 1. The van der Waals surface area contributed by atoms with Gasteiger partial charge in [0.15, 0.2) is 0 Å². The average molecular weight is 261 g/mol. The van der Waals surface area contributed by atoms with E-state index >= 15 is 0 Å². The lowest BCUT2D eigenvalue weighted by atomic mass is 9.93. The Labute approximate surface area is 115 Å². The van der Waals surface area contributed by atoms with Gasteiger partial charge in [0.05, 0.1) is 11.6 Å². The number of aliphatic hydroxyl groups is 1. The highest BCUT2D eigenvalue weighted by molar-refractivity contribution is 5.42. The molecule has 0 saturated heterocycles. The molecule has 1 aliphatic carbocycles. The Morgan fingerprint density at radius 2 is 1.95 bits per heavy atom. The number of fused-ring (bicyclic) bond motifs is 1. The normalized spacial score (nSPS) is 27.0. The van der Waals surface area contributed by atoms with Crippen LogP contribution >= 0.6 is 0 Å². The first-order chi connectivity index (χ1) is 9.00. The van der Waals surface area contributed by atoms with Gasteiger partial charge in [0, 0.05) is 12.1 Å². The van der Waals surface area contributed by atoms with E-state index in [-0.39, 0.29) is 11.6 Å². The fraction of sp³-hybridized carbons (Fsp3) is 0.625. The van der Waals surface area contributed by atoms with Crippen molar-refractivity contribution < 1.29 is 9.84 Å². The van der Waals surface area contributed by atoms with Gasteiger partial charge in [-0.05, 0) is 32.8 Å². The summed E-state index contributed by atoms with van der Waals surface area (Å²) in [5, 5.41) is 14.0. The summed E-state index contributed by atoms with van der Waals surface area (Å²) in [6, 6.07) is 8.32. The number of ether oxygens (including phenoxy) is 1. The van der Waals surface area contributed by atoms with E-state index in [2.05, 4.69) is 25.2 Å². The Morgan fingerprint density at radius 1 is 1.26 bits per heavy atom. The molecule has 1 fully saturated rings. The van der Waals surface area contributed by atoms with Crippen molar-refractivity contribution in [3.63, 3.8) is 0 Å². The molecule has 0 aromatic heterocycles. The maximum absolute atomic E-state index is 10.5. The summed E-state index contributed by atoms with van der Waals surface area (Å²) in [7, 11) is 0. The van der Waals surface area contributed by atoms with Gasteiger partial charge in [-0.2, -0.15) is 0 Å². The molecule has 3 nitrogen and oxygen atoms in total. The third-order valence-electron chi connectivity index (χ3n) is 4.47. The van der Waals surface area contributed by atoms with Crippen molar-refractivity contribution in [2.75, 3.05) is 6.54 Å². The van der Waals surface area contributed by atoms with Crippen LogP contribution in [0.5, 0.6) is 5.75 Å². The summed E-state index contributed by atoms with van der Waals surface area (Å²) in [6.07, 6.45) is 4.10. The molecule has 1 saturated carbocycles. The van der Waals surface area contributed by atoms with Crippen LogP contribution in [0.25, 0.3) is 0 Å². The number of hydrogen-bond acceptors (Lipinski definition) is 3. The van der Waals surface area contributed by atoms with E-state index in [4.69, 9.17) is 4.74 Å². The van der Waals surface area contributed by atoms with Crippen LogP contribution in [0.2, 0.25) is 0 Å². The van der Waals surface area contributed by atoms with Crippen LogP contribution in [0, 0.1) is 0 Å². The lowest BCUT2D eigenvalue weighted by Crippen LogP contribution is -2.45. The molecule has 2 aliphatic rings. The molecule has 19 heavy (non-hydrogen) atoms. The van der Waals surface area contributed by atoms with E-state index in [9.17, 15) is 5.11 Å². The molecule has 0 radical (unpaired) electrons. The molecule has 1 atom stereocenters. The monoisotopic (exact) mass is 261 g/mol. The molecular weight excluding hydrogens is 238 g/mol. The van der Waals surface area contributed by atoms with Crippen molar-refractivity contribution in [1.29, 1.82) is 0 Å². The van der Waals surface area contributed by atoms with E-state index in [1.165, 1.54) is 5.56 Å². The maximum Gasteiger partial charge on any atom is 0.125 e. The Morgan fingerprint density at radius 3 is 2.68 bits per heavy atom. The summed E-state index contributed by atoms with van der Waals surface area (Å²) >= 11 is 0. The standard InChI is InChI=1S/C16H23NO2/c1-15(2)14(12-7-3-4-8-13(12)19-15)17-11-16(18)9-5-6-10-16/h3-4,7-8,14,17-18H,5-6,9-11H2,1-2H3. The Kier molecular flexibility index (Phi) is 3.06. The minimum Gasteiger partial charge on any atom is -0.486 e. The first-order valence-electron chi connectivity index (χ1n) is 7.24. The number of hydrogen-bond donors (Lipinski definition) is 2. The van der Waals surface area contributed by atoms with Gasteiger partial charge >= 0.3 is 0 Å². The van der Waals surface area contributed by atoms with E-state index in [0.717, 1.165) is 31.4 Å². The van der Waals surface area contributed by atoms with E-state index in [1.54, 1.807) is 0 Å². The van der Waals surface area contributed by atoms with Crippen molar-refractivity contribution in [2.24, 2.45) is 0 Å². The van der Waals surface area contributed by atoms with Gasteiger partial charge < -0.3 is 15.2 Å². The van der Waals surface area contributed by atoms with Crippen LogP contribution < -0.4 is 10.1 Å². The lowest BCUT2D eigenvalue weighted by Gasteiger charge is -2.31. The Bertz CT molecular complexity index is 464. The fourth-order valence-electron chi connectivity index (χ4n) is 3.39. The minimum atomic E-state index is -0.520. The summed E-state index contributed by atoms with van der Waals surface area (Å²) in [5.41, 5.74) is 0.417. The molecule has 0 amide bonds. The molecule has 3 heteroatoms. The number of nitrogens with one attached hydrogen (secondary N) is 1. The Balaban J connectivity index is 1.76. The van der Waals surface area contributed by atoms with Gasteiger partial charge in [-0.25, -0.2) is 0 Å². The van der Waals surface area contributed by atoms with Crippen molar-refractivity contribution >= 4 is 0 Å². The third kappa shape index (κ3) is 2.37. The van der Waals surface area contributed by atoms with Crippen molar-refractivity contribution in [3.05, 3.63) is 29.8 Å². The topological polar surface area (TPSA) is 41.5 Å². The van der Waals surface area contributed by atoms with Gasteiger partial charge in [0.2, 0.25) is 0 Å². The van der Waals surface area contributed by atoms with Crippen molar-refractivity contribution in [2.45, 2.75) is 56.8 Å². The molecular formula is C16H23NO2. The highest BCUT2D eigenvalue weighted by Crippen LogP contribution is 2.43. The molecule has 0 bridgehead atoms. The second-order valence-electron chi connectivity index (χ2n) is 6.49. The number of rotatable bonds is 3. The molecule has 3 rings (SSSR count). The van der Waals surface area contributed by atoms with Gasteiger partial charge in [0.25, 0.3) is 0 Å². The maximum atomic E-state index is 10.5. The average Bonchev–Trinajstić information content (AvgIpc) is 2.88. The number of benzene rings is 1. The van der Waals surface area contributed by atoms with Crippen LogP contribution in [0.4, 0.5) is 0 Å². The van der Waals surface area contributed by atoms with E-state index < -0.39 is 5.60 Å². The molecule has 1 aromatic carbocycles. The molecule has 1 aromatic rings. The zero-order valence-electron chi connectivity index (χ0n) is 11.8. The third-order valence-corrected chi connectivity index (χ3v) is 4.47. The first kappa shape index (κ1) is 12.9. The first-order valence-corrected chi connectivity index (χ1v) is 7.24. The van der Waals surface area contributed by atoms with Crippen LogP contribution in [0.3, 0.4) is 0 Å². The van der Waals surface area contributed by atoms with Crippen LogP contribution in [-0.2, 0) is 0 Å². The second-order valence-corrected chi connectivity index (χ2v) is 6.49. The molecule has 1 unspecified atom stereocenters. The predicted molar refractivity (Wildman–Crippen MR) is 75.3 cm³/mol. The molecule has 1 heterocycles. The van der Waals surface area contributed by atoms with Gasteiger partial charge in [-0.1, -0.05) is 31.0 Å². The minimum absolute atomic E-state index is 0.147. The molecule has 104 valence electrons. The Hall–Kier alpha value is -1.06. The van der Waals surface area contributed by atoms with E-state index in [0.29, 0.717) is 6.54 Å². The zero-order valence-corrected chi connectivity index (χ0v) is 11.8. The van der Waals surface area contributed by atoms with Crippen LogP contribution in [-0.4, -0.2) is 22.9 Å². The van der Waals surface area contributed by atoms with Gasteiger partial charge in [-0.3, -0.25) is 0 Å². The lowest BCUT2D eigenvalue weighted by molar-refractivity contribution is 0.0312. The fourth-order valence-corrected chi connectivity index (χ4v) is 3.39. The quantitative estimate of drug-likeness (QED) is 0.879. The summed E-state index contributed by atoms with van der Waals surface area (Å²) in [4.78, 5) is 0. The zero-order chi connectivity index (χ0) is 13.5. The second kappa shape index (κ2) is 4.50. The predicted octanol–water partition coefficient (Wildman–Crippen LogP) is 2.79. The SMILES string of the molecule is CC1(C)Oc2ccccc2C1NCC1(O)CCCC1. The van der Waals surface area contributed by atoms with Crippen molar-refractivity contribution in [1.82, 2.24) is 5.32 Å². The van der Waals surface area contributed by atoms with E-state index in [1.807, 2.05) is 18.2 Å². The molecule has 0 spiro atoms. The largest absolute Gasteiger partial charge is 0.486 e. The molecule has 2 N–H and O–H groups in total. The molecule has 1 aliphatic heterocycles. The van der Waals surface area contributed by atoms with Crippen molar-refractivity contribution in [3.8, 4) is 5.75 Å². The van der Waals surface area contributed by atoms with Gasteiger partial charge in [-0.15, -0.1) is 0 Å². The smallest absolute Gasteiger partial charge is 0.125 e. The van der Waals surface area contributed by atoms with Gasteiger partial charge in [0.1, 0.15) is 11.4 Å². The summed E-state index contributed by atoms with van der Waals surface area (Å²) < 4.78 is 6.01. The summed E-state index contributed by atoms with van der Waals surface area (Å²) in [6.45, 7) is 4.85. The highest BCUT2D eigenvalue weighted by atomic mass is 16.5. The summed E-state index contributed by atoms with van der Waals surface area (Å²) in [5.74, 6) is 0.961. The highest BCUT2D eigenvalue weighted by Gasteiger charge is 2.42.